The molecule has 240 valence electrons. The molecular formula is C40H39NO6. The predicted molar refractivity (Wildman–Crippen MR) is 180 cm³/mol. The fourth-order valence-electron chi connectivity index (χ4n) is 6.49. The van der Waals surface area contributed by atoms with Gasteiger partial charge in [0.1, 0.15) is 12.4 Å². The average molecular weight is 630 g/mol. The number of nitrogens with one attached hydrogen (secondary N) is 1. The van der Waals surface area contributed by atoms with Crippen molar-refractivity contribution in [2.24, 2.45) is 0 Å². The summed E-state index contributed by atoms with van der Waals surface area (Å²) in [5, 5.41) is 3.45. The maximum atomic E-state index is 14.2. The van der Waals surface area contributed by atoms with Crippen molar-refractivity contribution in [3.63, 3.8) is 0 Å². The molecule has 0 bridgehead atoms. The number of carbonyl (C=O) groups is 2. The Morgan fingerprint density at radius 3 is 2.23 bits per heavy atom. The predicted octanol–water partition coefficient (Wildman–Crippen LogP) is 7.43. The topological polar surface area (TPSA) is 83.1 Å². The molecule has 0 aromatic heterocycles. The first kappa shape index (κ1) is 31.7. The van der Waals surface area contributed by atoms with Crippen LogP contribution in [-0.4, -0.2) is 32.6 Å². The van der Waals surface area contributed by atoms with E-state index in [9.17, 15) is 9.59 Å². The van der Waals surface area contributed by atoms with Gasteiger partial charge in [-0.3, -0.25) is 4.79 Å². The third-order valence-corrected chi connectivity index (χ3v) is 8.83. The van der Waals surface area contributed by atoms with Crippen LogP contribution in [0.4, 0.5) is 0 Å². The second-order valence-electron chi connectivity index (χ2n) is 11.8. The van der Waals surface area contributed by atoms with Crippen LogP contribution in [0, 0.1) is 0 Å². The third kappa shape index (κ3) is 7.09. The number of hydrogen-bond donors (Lipinski definition) is 1. The molecule has 1 N–H and O–H groups in total. The van der Waals surface area contributed by atoms with Gasteiger partial charge in [-0.2, -0.15) is 0 Å². The van der Waals surface area contributed by atoms with Crippen LogP contribution in [0.2, 0.25) is 0 Å². The highest BCUT2D eigenvalue weighted by molar-refractivity contribution is 6.04. The number of carbonyl (C=O) groups excluding carboxylic acids is 2. The van der Waals surface area contributed by atoms with Gasteiger partial charge in [0.25, 0.3) is 0 Å². The molecule has 6 rings (SSSR count). The normalized spacial score (nSPS) is 17.5. The maximum absolute atomic E-state index is 14.2. The molecule has 0 amide bonds. The number of allylic oxidation sites excluding steroid dienone is 3. The van der Waals surface area contributed by atoms with E-state index < -0.39 is 11.9 Å². The van der Waals surface area contributed by atoms with E-state index in [0.29, 0.717) is 60.0 Å². The molecule has 0 spiro atoms. The lowest BCUT2D eigenvalue weighted by atomic mass is 9.71. The highest BCUT2D eigenvalue weighted by atomic mass is 16.5. The van der Waals surface area contributed by atoms with Crippen molar-refractivity contribution >= 4 is 11.8 Å². The Balaban J connectivity index is 1.32. The second kappa shape index (κ2) is 14.4. The monoisotopic (exact) mass is 629 g/mol. The molecule has 2 aliphatic rings. The minimum absolute atomic E-state index is 0.0128. The van der Waals surface area contributed by atoms with Gasteiger partial charge in [0.2, 0.25) is 0 Å². The lowest BCUT2D eigenvalue weighted by Gasteiger charge is -2.37. The molecule has 0 saturated carbocycles. The first-order chi connectivity index (χ1) is 22.9. The Morgan fingerprint density at radius 1 is 0.787 bits per heavy atom. The Hall–Kier alpha value is -5.30. The first-order valence-corrected chi connectivity index (χ1v) is 15.9. The molecule has 1 heterocycles. The number of dihydropyridines is 1. The smallest absolute Gasteiger partial charge is 0.336 e. The summed E-state index contributed by atoms with van der Waals surface area (Å²) in [6, 6.07) is 33.4. The fraction of sp³-hybridized carbons (Fsp3) is 0.250. The molecule has 7 nitrogen and oxygen atoms in total. The van der Waals surface area contributed by atoms with Crippen LogP contribution in [0.3, 0.4) is 0 Å². The van der Waals surface area contributed by atoms with Gasteiger partial charge in [0, 0.05) is 35.7 Å². The molecule has 4 aromatic carbocycles. The summed E-state index contributed by atoms with van der Waals surface area (Å²) in [6.45, 7) is 2.51. The van der Waals surface area contributed by atoms with Crippen LogP contribution in [0.1, 0.15) is 53.9 Å². The van der Waals surface area contributed by atoms with Crippen molar-refractivity contribution in [1.29, 1.82) is 0 Å². The number of hydrogen-bond acceptors (Lipinski definition) is 7. The summed E-state index contributed by atoms with van der Waals surface area (Å²) < 4.78 is 23.0. The first-order valence-electron chi connectivity index (χ1n) is 15.9. The number of ketones is 1. The zero-order chi connectivity index (χ0) is 32.8. The summed E-state index contributed by atoms with van der Waals surface area (Å²) >= 11 is 0. The van der Waals surface area contributed by atoms with E-state index in [1.54, 1.807) is 14.2 Å². The van der Waals surface area contributed by atoms with Crippen molar-refractivity contribution in [2.45, 2.75) is 44.6 Å². The standard InChI is InChI=1S/C40H39NO6/c1-26-37(40(43)46-20-19-27-11-6-4-7-12-27)38(30-15-10-16-32(21-30)47-25-28-13-8-5-9-14-28)39-33(41-26)22-31(23-34(39)42)29-17-18-35(44-2)36(24-29)45-3/h4-18,21,24,31,38,41H,19-20,22-23,25H2,1-3H3. The van der Waals surface area contributed by atoms with Crippen molar-refractivity contribution in [3.05, 3.63) is 148 Å². The highest BCUT2D eigenvalue weighted by Gasteiger charge is 2.41. The molecular weight excluding hydrogens is 590 g/mol. The molecule has 1 aliphatic carbocycles. The van der Waals surface area contributed by atoms with Gasteiger partial charge in [0.15, 0.2) is 17.3 Å². The van der Waals surface area contributed by atoms with Crippen LogP contribution in [0.15, 0.2) is 126 Å². The van der Waals surface area contributed by atoms with E-state index in [2.05, 4.69) is 5.32 Å². The molecule has 2 unspecified atom stereocenters. The van der Waals surface area contributed by atoms with Gasteiger partial charge in [-0.05, 0) is 65.8 Å². The van der Waals surface area contributed by atoms with Gasteiger partial charge in [-0.1, -0.05) is 78.9 Å². The number of esters is 1. The Bertz CT molecular complexity index is 1810. The summed E-state index contributed by atoms with van der Waals surface area (Å²) in [4.78, 5) is 28.0. The highest BCUT2D eigenvalue weighted by Crippen LogP contribution is 2.47. The van der Waals surface area contributed by atoms with E-state index in [0.717, 1.165) is 28.0 Å². The molecule has 1 aliphatic heterocycles. The Labute approximate surface area is 275 Å². The minimum Gasteiger partial charge on any atom is -0.493 e. The van der Waals surface area contributed by atoms with Crippen molar-refractivity contribution < 1.29 is 28.5 Å². The van der Waals surface area contributed by atoms with Gasteiger partial charge in [0.05, 0.1) is 26.4 Å². The second-order valence-corrected chi connectivity index (χ2v) is 11.8. The zero-order valence-corrected chi connectivity index (χ0v) is 27.0. The van der Waals surface area contributed by atoms with Gasteiger partial charge >= 0.3 is 5.97 Å². The quantitative estimate of drug-likeness (QED) is 0.173. The van der Waals surface area contributed by atoms with Gasteiger partial charge < -0.3 is 24.3 Å². The van der Waals surface area contributed by atoms with E-state index in [-0.39, 0.29) is 18.3 Å². The van der Waals surface area contributed by atoms with Crippen LogP contribution in [0.5, 0.6) is 17.2 Å². The number of methoxy groups -OCH3 is 2. The molecule has 4 aromatic rings. The number of Topliss-reactive ketones (excluding diaryl/α,β-unsaturated/α-hetero) is 1. The Kier molecular flexibility index (Phi) is 9.72. The molecule has 0 saturated heterocycles. The minimum atomic E-state index is -0.602. The van der Waals surface area contributed by atoms with Crippen molar-refractivity contribution in [2.75, 3.05) is 20.8 Å². The Morgan fingerprint density at radius 2 is 1.51 bits per heavy atom. The molecule has 0 radical (unpaired) electrons. The summed E-state index contributed by atoms with van der Waals surface area (Å²) in [6.07, 6.45) is 1.50. The molecule has 47 heavy (non-hydrogen) atoms. The largest absolute Gasteiger partial charge is 0.493 e. The van der Waals surface area contributed by atoms with E-state index in [1.165, 1.54) is 0 Å². The van der Waals surface area contributed by atoms with Crippen LogP contribution in [-0.2, 0) is 27.4 Å². The SMILES string of the molecule is COc1ccc(C2CC(=O)C3=C(C2)NC(C)=C(C(=O)OCCc2ccccc2)C3c2cccc(OCc3ccccc3)c2)cc1OC. The molecule has 7 heteroatoms. The maximum Gasteiger partial charge on any atom is 0.336 e. The van der Waals surface area contributed by atoms with Crippen molar-refractivity contribution in [1.82, 2.24) is 5.32 Å². The van der Waals surface area contributed by atoms with Gasteiger partial charge in [-0.15, -0.1) is 0 Å². The van der Waals surface area contributed by atoms with E-state index >= 15 is 0 Å². The summed E-state index contributed by atoms with van der Waals surface area (Å²) in [5.41, 5.74) is 6.46. The van der Waals surface area contributed by atoms with Crippen LogP contribution in [0.25, 0.3) is 0 Å². The zero-order valence-electron chi connectivity index (χ0n) is 27.0. The van der Waals surface area contributed by atoms with E-state index in [4.69, 9.17) is 18.9 Å². The third-order valence-electron chi connectivity index (χ3n) is 8.83. The molecule has 0 fully saturated rings. The number of benzene rings is 4. The van der Waals surface area contributed by atoms with Crippen LogP contribution < -0.4 is 19.5 Å². The molecule has 2 atom stereocenters. The summed E-state index contributed by atoms with van der Waals surface area (Å²) in [7, 11) is 3.21. The fourth-order valence-corrected chi connectivity index (χ4v) is 6.49. The summed E-state index contributed by atoms with van der Waals surface area (Å²) in [5.74, 6) is 0.798. The lowest BCUT2D eigenvalue weighted by Crippen LogP contribution is -2.36. The van der Waals surface area contributed by atoms with E-state index in [1.807, 2.05) is 110 Å². The van der Waals surface area contributed by atoms with Crippen molar-refractivity contribution in [3.8, 4) is 17.2 Å². The average Bonchev–Trinajstić information content (AvgIpc) is 3.10. The van der Waals surface area contributed by atoms with Crippen LogP contribution >= 0.6 is 0 Å². The lowest BCUT2D eigenvalue weighted by molar-refractivity contribution is -0.139. The number of ether oxygens (including phenoxy) is 4. The number of rotatable bonds is 11. The van der Waals surface area contributed by atoms with Gasteiger partial charge in [-0.25, -0.2) is 4.79 Å².